The molecule has 0 radical (unpaired) electrons. The summed E-state index contributed by atoms with van der Waals surface area (Å²) in [4.78, 5) is 8.98. The molecule has 2 unspecified atom stereocenters. The first-order chi connectivity index (χ1) is 8.65. The van der Waals surface area contributed by atoms with Crippen LogP contribution in [0.3, 0.4) is 0 Å². The average molecular weight is 288 g/mol. The van der Waals surface area contributed by atoms with Gasteiger partial charge in [0.1, 0.15) is 0 Å². The molecule has 0 amide bonds. The largest absolute Gasteiger partial charge is 0.348 e. The standard InChI is InChI=1S/C11H15Cl2N5/c1-7-5-17-4-2-3-8(17)6-18(7)10-9(12)15-16-11(13)14-10/h7-8H,2-6H2,1H3. The summed E-state index contributed by atoms with van der Waals surface area (Å²) in [6.45, 7) is 5.37. The van der Waals surface area contributed by atoms with Gasteiger partial charge in [0.15, 0.2) is 11.0 Å². The number of aromatic nitrogens is 3. The summed E-state index contributed by atoms with van der Waals surface area (Å²) >= 11 is 11.9. The molecule has 18 heavy (non-hydrogen) atoms. The lowest BCUT2D eigenvalue weighted by Gasteiger charge is -2.42. The van der Waals surface area contributed by atoms with Gasteiger partial charge in [0.25, 0.3) is 0 Å². The lowest BCUT2D eigenvalue weighted by molar-refractivity contribution is 0.202. The Labute approximate surface area is 116 Å². The summed E-state index contributed by atoms with van der Waals surface area (Å²) in [6.07, 6.45) is 2.52. The summed E-state index contributed by atoms with van der Waals surface area (Å²) in [5, 5.41) is 7.98. The molecule has 1 aromatic heterocycles. The molecule has 0 aliphatic carbocycles. The van der Waals surface area contributed by atoms with Gasteiger partial charge >= 0.3 is 0 Å². The number of nitrogens with zero attached hydrogens (tertiary/aromatic N) is 5. The van der Waals surface area contributed by atoms with E-state index in [1.807, 2.05) is 0 Å². The van der Waals surface area contributed by atoms with Gasteiger partial charge in [-0.15, -0.1) is 10.2 Å². The first kappa shape index (κ1) is 12.4. The SMILES string of the molecule is CC1CN2CCCC2CN1c1nc(Cl)nnc1Cl. The highest BCUT2D eigenvalue weighted by Crippen LogP contribution is 2.30. The fraction of sp³-hybridized carbons (Fsp3) is 0.727. The summed E-state index contributed by atoms with van der Waals surface area (Å²) in [5.41, 5.74) is 0. The third-order valence-electron chi connectivity index (χ3n) is 3.81. The van der Waals surface area contributed by atoms with Gasteiger partial charge in [-0.2, -0.15) is 4.98 Å². The van der Waals surface area contributed by atoms with Gasteiger partial charge in [-0.1, -0.05) is 11.6 Å². The predicted molar refractivity (Wildman–Crippen MR) is 71.3 cm³/mol. The fourth-order valence-corrected chi connectivity index (χ4v) is 3.26. The van der Waals surface area contributed by atoms with E-state index in [0.29, 0.717) is 23.1 Å². The number of rotatable bonds is 1. The van der Waals surface area contributed by atoms with Crippen molar-refractivity contribution in [2.75, 3.05) is 24.5 Å². The summed E-state index contributed by atoms with van der Waals surface area (Å²) in [7, 11) is 0. The molecule has 2 saturated heterocycles. The van der Waals surface area contributed by atoms with Gasteiger partial charge in [-0.05, 0) is 37.9 Å². The maximum absolute atomic E-state index is 6.09. The highest BCUT2D eigenvalue weighted by atomic mass is 35.5. The first-order valence-corrected chi connectivity index (χ1v) is 6.97. The Morgan fingerprint density at radius 1 is 1.22 bits per heavy atom. The summed E-state index contributed by atoms with van der Waals surface area (Å²) in [5.74, 6) is 0.663. The maximum atomic E-state index is 6.09. The minimum atomic E-state index is 0.149. The molecule has 3 heterocycles. The molecular formula is C11H15Cl2N5. The molecule has 0 saturated carbocycles. The van der Waals surface area contributed by atoms with Gasteiger partial charge in [-0.25, -0.2) is 0 Å². The molecule has 2 atom stereocenters. The zero-order chi connectivity index (χ0) is 12.7. The summed E-state index contributed by atoms with van der Waals surface area (Å²) < 4.78 is 0. The highest BCUT2D eigenvalue weighted by Gasteiger charge is 2.35. The third kappa shape index (κ3) is 2.15. The smallest absolute Gasteiger partial charge is 0.245 e. The van der Waals surface area contributed by atoms with E-state index in [2.05, 4.69) is 31.9 Å². The van der Waals surface area contributed by atoms with Crippen molar-refractivity contribution in [3.63, 3.8) is 0 Å². The molecule has 7 heteroatoms. The molecule has 0 spiro atoms. The quantitative estimate of drug-likeness (QED) is 0.789. The van der Waals surface area contributed by atoms with E-state index >= 15 is 0 Å². The lowest BCUT2D eigenvalue weighted by Crippen LogP contribution is -2.55. The van der Waals surface area contributed by atoms with Crippen LogP contribution >= 0.6 is 23.2 Å². The molecule has 98 valence electrons. The van der Waals surface area contributed by atoms with Crippen LogP contribution < -0.4 is 4.90 Å². The molecule has 2 aliphatic rings. The van der Waals surface area contributed by atoms with Crippen LogP contribution in [0.1, 0.15) is 19.8 Å². The van der Waals surface area contributed by atoms with E-state index in [4.69, 9.17) is 23.2 Å². The Hall–Kier alpha value is -0.650. The van der Waals surface area contributed by atoms with Crippen LogP contribution in [0, 0.1) is 0 Å². The van der Waals surface area contributed by atoms with Crippen LogP contribution in [0.25, 0.3) is 0 Å². The Bertz CT molecular complexity index is 455. The van der Waals surface area contributed by atoms with Crippen LogP contribution in [0.2, 0.25) is 10.4 Å². The number of anilines is 1. The van der Waals surface area contributed by atoms with Gasteiger partial charge in [0.2, 0.25) is 5.28 Å². The van der Waals surface area contributed by atoms with Gasteiger partial charge < -0.3 is 4.90 Å². The zero-order valence-corrected chi connectivity index (χ0v) is 11.7. The van der Waals surface area contributed by atoms with Crippen LogP contribution in [-0.4, -0.2) is 51.8 Å². The van der Waals surface area contributed by atoms with E-state index in [9.17, 15) is 0 Å². The van der Waals surface area contributed by atoms with Crippen LogP contribution in [0.4, 0.5) is 5.82 Å². The van der Waals surface area contributed by atoms with Crippen LogP contribution in [-0.2, 0) is 0 Å². The van der Waals surface area contributed by atoms with Crippen molar-refractivity contribution < 1.29 is 0 Å². The van der Waals surface area contributed by atoms with Gasteiger partial charge in [0.05, 0.1) is 0 Å². The Morgan fingerprint density at radius 2 is 2.06 bits per heavy atom. The van der Waals surface area contributed by atoms with Crippen LogP contribution in [0.15, 0.2) is 0 Å². The van der Waals surface area contributed by atoms with E-state index < -0.39 is 0 Å². The first-order valence-electron chi connectivity index (χ1n) is 6.21. The maximum Gasteiger partial charge on any atom is 0.245 e. The Balaban J connectivity index is 1.88. The van der Waals surface area contributed by atoms with E-state index in [0.717, 1.165) is 13.1 Å². The third-order valence-corrected chi connectivity index (χ3v) is 4.22. The van der Waals surface area contributed by atoms with Crippen molar-refractivity contribution in [2.24, 2.45) is 0 Å². The second-order valence-electron chi connectivity index (χ2n) is 4.99. The number of piperazine rings is 1. The Kier molecular flexibility index (Phi) is 3.30. The zero-order valence-electron chi connectivity index (χ0n) is 10.2. The number of hydrogen-bond donors (Lipinski definition) is 0. The fourth-order valence-electron chi connectivity index (χ4n) is 2.95. The van der Waals surface area contributed by atoms with E-state index in [-0.39, 0.29) is 5.28 Å². The minimum Gasteiger partial charge on any atom is -0.348 e. The monoisotopic (exact) mass is 287 g/mol. The lowest BCUT2D eigenvalue weighted by atomic mass is 10.1. The minimum absolute atomic E-state index is 0.149. The molecule has 2 aliphatic heterocycles. The summed E-state index contributed by atoms with van der Waals surface area (Å²) in [6, 6.07) is 0.968. The number of hydrogen-bond acceptors (Lipinski definition) is 5. The number of fused-ring (bicyclic) bond motifs is 1. The normalized spacial score (nSPS) is 28.5. The molecule has 0 bridgehead atoms. The second kappa shape index (κ2) is 4.79. The van der Waals surface area contributed by atoms with E-state index in [1.165, 1.54) is 19.4 Å². The molecular weight excluding hydrogens is 273 g/mol. The average Bonchev–Trinajstić information content (AvgIpc) is 2.78. The van der Waals surface area contributed by atoms with Crippen molar-refractivity contribution in [3.05, 3.63) is 10.4 Å². The molecule has 0 N–H and O–H groups in total. The molecule has 3 rings (SSSR count). The van der Waals surface area contributed by atoms with Crippen LogP contribution in [0.5, 0.6) is 0 Å². The van der Waals surface area contributed by atoms with Crippen molar-refractivity contribution in [1.82, 2.24) is 20.1 Å². The topological polar surface area (TPSA) is 45.2 Å². The van der Waals surface area contributed by atoms with Crippen molar-refractivity contribution in [1.29, 1.82) is 0 Å². The second-order valence-corrected chi connectivity index (χ2v) is 5.68. The Morgan fingerprint density at radius 3 is 2.89 bits per heavy atom. The van der Waals surface area contributed by atoms with Gasteiger partial charge in [0, 0.05) is 25.2 Å². The predicted octanol–water partition coefficient (Wildman–Crippen LogP) is 1.85. The van der Waals surface area contributed by atoms with E-state index in [1.54, 1.807) is 0 Å². The molecule has 1 aromatic rings. The molecule has 0 aromatic carbocycles. The molecule has 2 fully saturated rings. The van der Waals surface area contributed by atoms with Crippen molar-refractivity contribution in [2.45, 2.75) is 31.8 Å². The van der Waals surface area contributed by atoms with Gasteiger partial charge in [-0.3, -0.25) is 4.90 Å². The van der Waals surface area contributed by atoms with Crippen molar-refractivity contribution in [3.8, 4) is 0 Å². The highest BCUT2D eigenvalue weighted by molar-refractivity contribution is 6.32. The molecule has 5 nitrogen and oxygen atoms in total. The van der Waals surface area contributed by atoms with Crippen molar-refractivity contribution >= 4 is 29.0 Å². The number of halogens is 2.